The fourth-order valence-electron chi connectivity index (χ4n) is 2.12. The number of sulfone groups is 1. The van der Waals surface area contributed by atoms with Crippen LogP contribution in [0.1, 0.15) is 25.1 Å². The molecule has 0 aliphatic carbocycles. The van der Waals surface area contributed by atoms with E-state index in [2.05, 4.69) is 15.6 Å². The first kappa shape index (κ1) is 15.7. The Hall–Kier alpha value is -1.73. The van der Waals surface area contributed by atoms with Crippen LogP contribution in [-0.2, 0) is 9.84 Å². The summed E-state index contributed by atoms with van der Waals surface area (Å²) in [6.07, 6.45) is 3.78. The van der Waals surface area contributed by atoms with E-state index in [4.69, 9.17) is 0 Å². The van der Waals surface area contributed by atoms with Crippen LogP contribution in [0.5, 0.6) is 0 Å². The number of aromatic nitrogens is 3. The minimum absolute atomic E-state index is 0.0210. The second-order valence-corrected chi connectivity index (χ2v) is 7.19. The molecule has 1 unspecified atom stereocenters. The molecule has 1 atom stereocenters. The van der Waals surface area contributed by atoms with Gasteiger partial charge in [0.1, 0.15) is 9.84 Å². The van der Waals surface area contributed by atoms with Crippen molar-refractivity contribution in [3.05, 3.63) is 42.2 Å². The lowest BCUT2D eigenvalue weighted by molar-refractivity contribution is 0.529. The number of nitrogens with zero attached hydrogens (tertiary/aromatic N) is 3. The van der Waals surface area contributed by atoms with Crippen LogP contribution in [-0.4, -0.2) is 42.0 Å². The van der Waals surface area contributed by atoms with Gasteiger partial charge in [-0.25, -0.2) is 13.1 Å². The number of nitrogens with one attached hydrogen (secondary N) is 1. The molecule has 0 bridgehead atoms. The maximum atomic E-state index is 11.7. The third-order valence-electron chi connectivity index (χ3n) is 3.04. The predicted molar refractivity (Wildman–Crippen MR) is 82.1 cm³/mol. The largest absolute Gasteiger partial charge is 0.308 e. The summed E-state index contributed by atoms with van der Waals surface area (Å²) in [7, 11) is -3.11. The topological polar surface area (TPSA) is 76.9 Å². The first-order valence-electron chi connectivity index (χ1n) is 6.88. The van der Waals surface area contributed by atoms with Crippen LogP contribution in [0.15, 0.2) is 36.5 Å². The molecule has 0 amide bonds. The van der Waals surface area contributed by atoms with Crippen LogP contribution in [0.3, 0.4) is 0 Å². The first-order valence-corrected chi connectivity index (χ1v) is 8.94. The highest BCUT2D eigenvalue weighted by Gasteiger charge is 2.21. The van der Waals surface area contributed by atoms with Crippen LogP contribution in [0.2, 0.25) is 0 Å². The summed E-state index contributed by atoms with van der Waals surface area (Å²) in [5.74, 6) is 0.0210. The van der Waals surface area contributed by atoms with Crippen molar-refractivity contribution in [2.75, 3.05) is 18.6 Å². The molecule has 0 aliphatic heterocycles. The highest BCUT2D eigenvalue weighted by molar-refractivity contribution is 7.90. The van der Waals surface area contributed by atoms with E-state index in [-0.39, 0.29) is 11.8 Å². The van der Waals surface area contributed by atoms with Crippen molar-refractivity contribution in [2.24, 2.45) is 0 Å². The van der Waals surface area contributed by atoms with E-state index in [9.17, 15) is 8.42 Å². The molecule has 21 heavy (non-hydrogen) atoms. The Bertz CT molecular complexity index is 667. The summed E-state index contributed by atoms with van der Waals surface area (Å²) in [6.45, 7) is 2.78. The van der Waals surface area contributed by atoms with E-state index in [1.54, 1.807) is 10.9 Å². The van der Waals surface area contributed by atoms with Gasteiger partial charge in [0.25, 0.3) is 0 Å². The lowest BCUT2D eigenvalue weighted by Gasteiger charge is -2.18. The van der Waals surface area contributed by atoms with Gasteiger partial charge in [0.2, 0.25) is 0 Å². The van der Waals surface area contributed by atoms with Crippen molar-refractivity contribution >= 4 is 9.84 Å². The van der Waals surface area contributed by atoms with E-state index < -0.39 is 9.84 Å². The Balaban J connectivity index is 2.34. The average molecular weight is 308 g/mol. The van der Waals surface area contributed by atoms with Crippen molar-refractivity contribution in [1.29, 1.82) is 0 Å². The van der Waals surface area contributed by atoms with Gasteiger partial charge in [-0.1, -0.05) is 30.3 Å². The molecule has 7 heteroatoms. The Labute approximate surface area is 125 Å². The van der Waals surface area contributed by atoms with Crippen LogP contribution in [0.25, 0.3) is 5.69 Å². The van der Waals surface area contributed by atoms with Gasteiger partial charge < -0.3 is 5.32 Å². The molecule has 1 aromatic carbocycles. The number of benzene rings is 1. The first-order chi connectivity index (χ1) is 10.0. The normalized spacial score (nSPS) is 13.2. The molecule has 1 heterocycles. The van der Waals surface area contributed by atoms with Gasteiger partial charge in [0.15, 0.2) is 0 Å². The number of hydrogen-bond donors (Lipinski definition) is 1. The smallest absolute Gasteiger partial charge is 0.149 e. The van der Waals surface area contributed by atoms with Gasteiger partial charge >= 0.3 is 0 Å². The quantitative estimate of drug-likeness (QED) is 0.835. The highest BCUT2D eigenvalue weighted by Crippen LogP contribution is 2.17. The molecular formula is C14H20N4O2S. The molecular weight excluding hydrogens is 288 g/mol. The molecule has 0 saturated heterocycles. The fraction of sp³-hybridized carbons (Fsp3) is 0.429. The van der Waals surface area contributed by atoms with Gasteiger partial charge in [0, 0.05) is 6.26 Å². The second-order valence-electron chi connectivity index (χ2n) is 5.01. The standard InChI is InChI=1S/C14H20N4O2S/c1-3-9-15-13(11-21(2,19)20)14-10-16-17-18(14)12-7-5-4-6-8-12/h4-8,10,13,15H,3,9,11H2,1-2H3. The highest BCUT2D eigenvalue weighted by atomic mass is 32.2. The van der Waals surface area contributed by atoms with E-state index in [0.29, 0.717) is 0 Å². The number of rotatable bonds is 7. The summed E-state index contributed by atoms with van der Waals surface area (Å²) in [4.78, 5) is 0. The summed E-state index contributed by atoms with van der Waals surface area (Å²) in [5, 5.41) is 11.3. The van der Waals surface area contributed by atoms with Gasteiger partial charge in [0.05, 0.1) is 29.4 Å². The van der Waals surface area contributed by atoms with Crippen molar-refractivity contribution in [2.45, 2.75) is 19.4 Å². The lowest BCUT2D eigenvalue weighted by Crippen LogP contribution is -2.30. The molecule has 0 aliphatic rings. The van der Waals surface area contributed by atoms with Gasteiger partial charge in [-0.05, 0) is 25.1 Å². The molecule has 0 radical (unpaired) electrons. The van der Waals surface area contributed by atoms with Crippen molar-refractivity contribution in [1.82, 2.24) is 20.3 Å². The predicted octanol–water partition coefficient (Wildman–Crippen LogP) is 1.35. The van der Waals surface area contributed by atoms with E-state index >= 15 is 0 Å². The van der Waals surface area contributed by atoms with Crippen LogP contribution >= 0.6 is 0 Å². The van der Waals surface area contributed by atoms with E-state index in [1.807, 2.05) is 37.3 Å². The summed E-state index contributed by atoms with van der Waals surface area (Å²) >= 11 is 0. The lowest BCUT2D eigenvalue weighted by atomic mass is 10.2. The third-order valence-corrected chi connectivity index (χ3v) is 3.98. The average Bonchev–Trinajstić information content (AvgIpc) is 2.92. The number of para-hydroxylation sites is 1. The van der Waals surface area contributed by atoms with E-state index in [1.165, 1.54) is 6.26 Å². The molecule has 1 N–H and O–H groups in total. The Morgan fingerprint density at radius 2 is 2.00 bits per heavy atom. The molecule has 2 aromatic rings. The maximum Gasteiger partial charge on any atom is 0.149 e. The zero-order chi connectivity index (χ0) is 15.3. The Kier molecular flexibility index (Phi) is 5.08. The minimum Gasteiger partial charge on any atom is -0.308 e. The van der Waals surface area contributed by atoms with Gasteiger partial charge in [-0.15, -0.1) is 5.10 Å². The number of hydrogen-bond acceptors (Lipinski definition) is 5. The molecule has 0 saturated carbocycles. The van der Waals surface area contributed by atoms with Crippen LogP contribution in [0, 0.1) is 0 Å². The molecule has 2 rings (SSSR count). The van der Waals surface area contributed by atoms with Crippen molar-refractivity contribution < 1.29 is 8.42 Å². The maximum absolute atomic E-state index is 11.7. The van der Waals surface area contributed by atoms with Crippen LogP contribution in [0.4, 0.5) is 0 Å². The fourth-order valence-corrected chi connectivity index (χ4v) is 3.01. The van der Waals surface area contributed by atoms with Crippen molar-refractivity contribution in [3.8, 4) is 5.69 Å². The molecule has 1 aromatic heterocycles. The SMILES string of the molecule is CCCNC(CS(C)(=O)=O)c1cnnn1-c1ccccc1. The summed E-state index contributed by atoms with van der Waals surface area (Å²) in [5.41, 5.74) is 1.61. The third kappa shape index (κ3) is 4.37. The zero-order valence-corrected chi connectivity index (χ0v) is 13.0. The van der Waals surface area contributed by atoms with Gasteiger partial charge in [-0.3, -0.25) is 0 Å². The summed E-state index contributed by atoms with van der Waals surface area (Å²) < 4.78 is 25.0. The second kappa shape index (κ2) is 6.82. The van der Waals surface area contributed by atoms with Crippen molar-refractivity contribution in [3.63, 3.8) is 0 Å². The Morgan fingerprint density at radius 3 is 2.62 bits per heavy atom. The zero-order valence-electron chi connectivity index (χ0n) is 12.2. The van der Waals surface area contributed by atoms with Crippen LogP contribution < -0.4 is 5.32 Å². The molecule has 0 spiro atoms. The summed E-state index contributed by atoms with van der Waals surface area (Å²) in [6, 6.07) is 9.24. The van der Waals surface area contributed by atoms with E-state index in [0.717, 1.165) is 24.3 Å². The molecule has 0 fully saturated rings. The minimum atomic E-state index is -3.11. The molecule has 6 nitrogen and oxygen atoms in total. The Morgan fingerprint density at radius 1 is 1.29 bits per heavy atom. The molecule has 114 valence electrons. The van der Waals surface area contributed by atoms with Gasteiger partial charge in [-0.2, -0.15) is 0 Å². The monoisotopic (exact) mass is 308 g/mol.